The van der Waals surface area contributed by atoms with Crippen molar-refractivity contribution in [3.63, 3.8) is 0 Å². The van der Waals surface area contributed by atoms with Crippen molar-refractivity contribution < 1.29 is 23.1 Å². The molecule has 7 heteroatoms. The van der Waals surface area contributed by atoms with Crippen molar-refractivity contribution >= 4 is 5.82 Å². The number of anilines is 1. The minimum atomic E-state index is -0.568. The van der Waals surface area contributed by atoms with Crippen molar-refractivity contribution in [1.29, 1.82) is 0 Å². The third kappa shape index (κ3) is 2.01. The van der Waals surface area contributed by atoms with Crippen LogP contribution in [0.25, 0.3) is 11.3 Å². The van der Waals surface area contributed by atoms with E-state index in [9.17, 15) is 4.39 Å². The topological polar surface area (TPSA) is 79.7 Å². The van der Waals surface area contributed by atoms with Gasteiger partial charge in [-0.1, -0.05) is 5.16 Å². The second-order valence-electron chi connectivity index (χ2n) is 4.26. The van der Waals surface area contributed by atoms with Gasteiger partial charge in [0, 0.05) is 18.6 Å². The molecule has 3 rings (SSSR count). The molecule has 0 atom stereocenters. The number of halogens is 1. The number of nitrogens with zero attached hydrogens (tertiary/aromatic N) is 1. The van der Waals surface area contributed by atoms with Crippen LogP contribution in [0.2, 0.25) is 0 Å². The minimum Gasteiger partial charge on any atom is -0.493 e. The van der Waals surface area contributed by atoms with Crippen molar-refractivity contribution in [1.82, 2.24) is 5.16 Å². The Morgan fingerprint density at radius 3 is 2.80 bits per heavy atom. The highest BCUT2D eigenvalue weighted by Crippen LogP contribution is 2.47. The predicted octanol–water partition coefficient (Wildman–Crippen LogP) is 2.23. The molecule has 2 aromatic rings. The fourth-order valence-electron chi connectivity index (χ4n) is 2.09. The molecular weight excluding hydrogens is 267 g/mol. The standard InChI is InChI=1S/C13H13FN2O4/c1-17-12-7(14)5-9-13(19-4-2-3-18-9)11(12)8-6-10(15)16-20-8/h5-6H,2-4H2,1H3,(H2,15,16). The SMILES string of the molecule is COc1c(F)cc2c(c1-c1cc(N)no1)OCCCO2. The summed E-state index contributed by atoms with van der Waals surface area (Å²) in [6.07, 6.45) is 0.705. The summed E-state index contributed by atoms with van der Waals surface area (Å²) < 4.78 is 35.4. The molecule has 1 aliphatic rings. The van der Waals surface area contributed by atoms with Crippen molar-refractivity contribution in [2.75, 3.05) is 26.1 Å². The average Bonchev–Trinajstić information content (AvgIpc) is 2.72. The third-order valence-electron chi connectivity index (χ3n) is 2.92. The number of hydrogen-bond acceptors (Lipinski definition) is 6. The largest absolute Gasteiger partial charge is 0.493 e. The number of nitrogens with two attached hydrogens (primary N) is 1. The van der Waals surface area contributed by atoms with Crippen LogP contribution in [0.15, 0.2) is 16.7 Å². The molecule has 1 aromatic carbocycles. The summed E-state index contributed by atoms with van der Waals surface area (Å²) in [5, 5.41) is 3.60. The summed E-state index contributed by atoms with van der Waals surface area (Å²) in [5.74, 6) is 0.574. The summed E-state index contributed by atoms with van der Waals surface area (Å²) in [6.45, 7) is 0.912. The first-order chi connectivity index (χ1) is 9.70. The summed E-state index contributed by atoms with van der Waals surface area (Å²) in [7, 11) is 1.37. The molecule has 0 saturated carbocycles. The van der Waals surface area contributed by atoms with E-state index in [-0.39, 0.29) is 17.3 Å². The third-order valence-corrected chi connectivity index (χ3v) is 2.92. The lowest BCUT2D eigenvalue weighted by Gasteiger charge is -2.14. The molecular formula is C13H13FN2O4. The molecule has 0 radical (unpaired) electrons. The van der Waals surface area contributed by atoms with E-state index in [0.29, 0.717) is 36.7 Å². The number of benzene rings is 1. The van der Waals surface area contributed by atoms with Gasteiger partial charge < -0.3 is 24.5 Å². The molecule has 0 saturated heterocycles. The lowest BCUT2D eigenvalue weighted by molar-refractivity contribution is 0.296. The van der Waals surface area contributed by atoms with E-state index in [4.69, 9.17) is 24.5 Å². The normalized spacial score (nSPS) is 13.9. The van der Waals surface area contributed by atoms with Crippen LogP contribution in [0.4, 0.5) is 10.2 Å². The summed E-state index contributed by atoms with van der Waals surface area (Å²) in [5.41, 5.74) is 5.85. The second-order valence-corrected chi connectivity index (χ2v) is 4.26. The molecule has 106 valence electrons. The van der Waals surface area contributed by atoms with E-state index in [1.54, 1.807) is 0 Å². The fraction of sp³-hybridized carbons (Fsp3) is 0.308. The molecule has 2 heterocycles. The Morgan fingerprint density at radius 2 is 2.10 bits per heavy atom. The molecule has 2 N–H and O–H groups in total. The number of rotatable bonds is 2. The molecule has 0 bridgehead atoms. The zero-order valence-electron chi connectivity index (χ0n) is 10.8. The monoisotopic (exact) mass is 280 g/mol. The molecule has 1 aliphatic heterocycles. The zero-order valence-corrected chi connectivity index (χ0v) is 10.8. The van der Waals surface area contributed by atoms with Gasteiger partial charge in [-0.15, -0.1) is 0 Å². The highest BCUT2D eigenvalue weighted by molar-refractivity contribution is 5.78. The molecule has 0 unspecified atom stereocenters. The van der Waals surface area contributed by atoms with Crippen molar-refractivity contribution in [3.8, 4) is 28.6 Å². The first-order valence-electron chi connectivity index (χ1n) is 6.09. The van der Waals surface area contributed by atoms with E-state index in [0.717, 1.165) is 0 Å². The number of aromatic nitrogens is 1. The Hall–Kier alpha value is -2.44. The van der Waals surface area contributed by atoms with Gasteiger partial charge >= 0.3 is 0 Å². The Kier molecular flexibility index (Phi) is 3.09. The summed E-state index contributed by atoms with van der Waals surface area (Å²) >= 11 is 0. The quantitative estimate of drug-likeness (QED) is 0.908. The van der Waals surface area contributed by atoms with E-state index in [1.165, 1.54) is 19.2 Å². The summed E-state index contributed by atoms with van der Waals surface area (Å²) in [6, 6.07) is 2.72. The number of hydrogen-bond donors (Lipinski definition) is 1. The van der Waals surface area contributed by atoms with Gasteiger partial charge in [-0.05, 0) is 0 Å². The van der Waals surface area contributed by atoms with Crippen molar-refractivity contribution in [2.24, 2.45) is 0 Å². The lowest BCUT2D eigenvalue weighted by atomic mass is 10.1. The average molecular weight is 280 g/mol. The maximum atomic E-state index is 14.1. The van der Waals surface area contributed by atoms with Crippen LogP contribution in [0.5, 0.6) is 17.2 Å². The van der Waals surface area contributed by atoms with Gasteiger partial charge in [-0.2, -0.15) is 0 Å². The predicted molar refractivity (Wildman–Crippen MR) is 68.5 cm³/mol. The van der Waals surface area contributed by atoms with Crippen LogP contribution in [0.3, 0.4) is 0 Å². The van der Waals surface area contributed by atoms with Gasteiger partial charge in [0.2, 0.25) is 0 Å². The zero-order chi connectivity index (χ0) is 14.1. The number of nitrogen functional groups attached to an aromatic ring is 1. The van der Waals surface area contributed by atoms with Crippen LogP contribution in [0, 0.1) is 5.82 Å². The molecule has 0 amide bonds. The van der Waals surface area contributed by atoms with E-state index in [2.05, 4.69) is 5.16 Å². The van der Waals surface area contributed by atoms with Gasteiger partial charge in [0.1, 0.15) is 5.56 Å². The molecule has 1 aromatic heterocycles. The van der Waals surface area contributed by atoms with E-state index in [1.807, 2.05) is 0 Å². The molecule has 20 heavy (non-hydrogen) atoms. The first kappa shape index (κ1) is 12.6. The number of fused-ring (bicyclic) bond motifs is 1. The minimum absolute atomic E-state index is 0.00500. The Bertz CT molecular complexity index is 642. The van der Waals surface area contributed by atoms with Crippen LogP contribution >= 0.6 is 0 Å². The van der Waals surface area contributed by atoms with Gasteiger partial charge in [-0.3, -0.25) is 0 Å². The Labute approximate surface area is 114 Å². The summed E-state index contributed by atoms with van der Waals surface area (Å²) in [4.78, 5) is 0. The van der Waals surface area contributed by atoms with Gasteiger partial charge in [0.15, 0.2) is 34.6 Å². The Balaban J connectivity index is 2.26. The molecule has 0 fully saturated rings. The van der Waals surface area contributed by atoms with E-state index >= 15 is 0 Å². The van der Waals surface area contributed by atoms with Crippen molar-refractivity contribution in [2.45, 2.75) is 6.42 Å². The lowest BCUT2D eigenvalue weighted by Crippen LogP contribution is -1.99. The van der Waals surface area contributed by atoms with Gasteiger partial charge in [-0.25, -0.2) is 4.39 Å². The van der Waals surface area contributed by atoms with Crippen LogP contribution in [-0.2, 0) is 0 Å². The maximum absolute atomic E-state index is 14.1. The van der Waals surface area contributed by atoms with Crippen LogP contribution in [0.1, 0.15) is 6.42 Å². The highest BCUT2D eigenvalue weighted by Gasteiger charge is 2.27. The van der Waals surface area contributed by atoms with Crippen LogP contribution < -0.4 is 19.9 Å². The van der Waals surface area contributed by atoms with Gasteiger partial charge in [0.05, 0.1) is 20.3 Å². The number of methoxy groups -OCH3 is 1. The molecule has 0 aliphatic carbocycles. The van der Waals surface area contributed by atoms with Crippen LogP contribution in [-0.4, -0.2) is 25.5 Å². The fourth-order valence-corrected chi connectivity index (χ4v) is 2.09. The smallest absolute Gasteiger partial charge is 0.176 e. The molecule has 6 nitrogen and oxygen atoms in total. The van der Waals surface area contributed by atoms with Gasteiger partial charge in [0.25, 0.3) is 0 Å². The second kappa shape index (κ2) is 4.92. The highest BCUT2D eigenvalue weighted by atomic mass is 19.1. The van der Waals surface area contributed by atoms with E-state index < -0.39 is 5.82 Å². The molecule has 0 spiro atoms. The van der Waals surface area contributed by atoms with Crippen molar-refractivity contribution in [3.05, 3.63) is 17.9 Å². The Morgan fingerprint density at radius 1 is 1.30 bits per heavy atom. The maximum Gasteiger partial charge on any atom is 0.176 e. The number of ether oxygens (including phenoxy) is 3. The first-order valence-corrected chi connectivity index (χ1v) is 6.09.